The van der Waals surface area contributed by atoms with Crippen molar-refractivity contribution in [3.63, 3.8) is 0 Å². The number of benzene rings is 2. The second-order valence-electron chi connectivity index (χ2n) is 6.84. The minimum absolute atomic E-state index is 0.667. The smallest absolute Gasteiger partial charge is 0.227 e. The minimum atomic E-state index is 0.667. The molecule has 27 heavy (non-hydrogen) atoms. The zero-order valence-electron chi connectivity index (χ0n) is 15.2. The SMILES string of the molecule is Cc1cc(-c2ccc(C)c3c2oc2ncccc23)ncc1-c1ccccc1. The summed E-state index contributed by atoms with van der Waals surface area (Å²) in [5.41, 5.74) is 8.12. The summed E-state index contributed by atoms with van der Waals surface area (Å²) >= 11 is 0. The van der Waals surface area contributed by atoms with Crippen LogP contribution in [0.2, 0.25) is 0 Å². The van der Waals surface area contributed by atoms with Crippen LogP contribution in [-0.2, 0) is 0 Å². The number of aryl methyl sites for hydroxylation is 2. The van der Waals surface area contributed by atoms with E-state index in [1.54, 1.807) is 6.20 Å². The third-order valence-electron chi connectivity index (χ3n) is 5.08. The van der Waals surface area contributed by atoms with Gasteiger partial charge in [0.2, 0.25) is 5.71 Å². The predicted molar refractivity (Wildman–Crippen MR) is 110 cm³/mol. The molecule has 0 N–H and O–H groups in total. The lowest BCUT2D eigenvalue weighted by Gasteiger charge is -2.09. The van der Waals surface area contributed by atoms with Crippen molar-refractivity contribution >= 4 is 22.1 Å². The highest BCUT2D eigenvalue weighted by molar-refractivity contribution is 6.10. The Labute approximate surface area is 157 Å². The highest BCUT2D eigenvalue weighted by Gasteiger charge is 2.16. The first-order valence-electron chi connectivity index (χ1n) is 9.01. The topological polar surface area (TPSA) is 38.9 Å². The number of furan rings is 1. The van der Waals surface area contributed by atoms with Gasteiger partial charge >= 0.3 is 0 Å². The van der Waals surface area contributed by atoms with Crippen LogP contribution in [0.3, 0.4) is 0 Å². The van der Waals surface area contributed by atoms with Crippen molar-refractivity contribution in [3.8, 4) is 22.4 Å². The van der Waals surface area contributed by atoms with Gasteiger partial charge in [0.15, 0.2) is 0 Å². The molecule has 3 nitrogen and oxygen atoms in total. The van der Waals surface area contributed by atoms with Gasteiger partial charge in [0.1, 0.15) is 5.58 Å². The number of aromatic nitrogens is 2. The summed E-state index contributed by atoms with van der Waals surface area (Å²) in [5, 5.41) is 2.16. The van der Waals surface area contributed by atoms with E-state index < -0.39 is 0 Å². The van der Waals surface area contributed by atoms with Gasteiger partial charge in [-0.15, -0.1) is 0 Å². The van der Waals surface area contributed by atoms with Crippen LogP contribution >= 0.6 is 0 Å². The van der Waals surface area contributed by atoms with Gasteiger partial charge in [0.25, 0.3) is 0 Å². The number of hydrogen-bond donors (Lipinski definition) is 0. The molecule has 0 saturated heterocycles. The van der Waals surface area contributed by atoms with Crippen LogP contribution in [0.1, 0.15) is 11.1 Å². The fourth-order valence-electron chi connectivity index (χ4n) is 3.71. The molecule has 3 heteroatoms. The van der Waals surface area contributed by atoms with Gasteiger partial charge < -0.3 is 4.42 Å². The summed E-state index contributed by atoms with van der Waals surface area (Å²) in [4.78, 5) is 9.13. The summed E-state index contributed by atoms with van der Waals surface area (Å²) in [5.74, 6) is 0. The molecule has 3 heterocycles. The largest absolute Gasteiger partial charge is 0.437 e. The van der Waals surface area contributed by atoms with Crippen molar-refractivity contribution in [1.29, 1.82) is 0 Å². The van der Waals surface area contributed by atoms with E-state index in [-0.39, 0.29) is 0 Å². The Balaban J connectivity index is 1.72. The molecule has 0 aliphatic heterocycles. The molecule has 0 unspecified atom stereocenters. The normalized spacial score (nSPS) is 11.3. The van der Waals surface area contributed by atoms with Crippen molar-refractivity contribution < 1.29 is 4.42 Å². The minimum Gasteiger partial charge on any atom is -0.437 e. The number of rotatable bonds is 2. The average molecular weight is 350 g/mol. The van der Waals surface area contributed by atoms with Gasteiger partial charge in [0, 0.05) is 34.3 Å². The van der Waals surface area contributed by atoms with Crippen molar-refractivity contribution in [2.75, 3.05) is 0 Å². The van der Waals surface area contributed by atoms with Crippen LogP contribution < -0.4 is 0 Å². The maximum absolute atomic E-state index is 6.12. The highest BCUT2D eigenvalue weighted by Crippen LogP contribution is 2.37. The summed E-state index contributed by atoms with van der Waals surface area (Å²) < 4.78 is 6.12. The molecule has 0 radical (unpaired) electrons. The van der Waals surface area contributed by atoms with Crippen LogP contribution in [0.25, 0.3) is 44.5 Å². The lowest BCUT2D eigenvalue weighted by atomic mass is 9.98. The molecule has 0 aliphatic rings. The number of fused-ring (bicyclic) bond motifs is 3. The molecule has 3 aromatic heterocycles. The Kier molecular flexibility index (Phi) is 3.54. The summed E-state index contributed by atoms with van der Waals surface area (Å²) in [6.45, 7) is 4.23. The van der Waals surface area contributed by atoms with Crippen molar-refractivity contribution in [2.24, 2.45) is 0 Å². The molecule has 130 valence electrons. The third kappa shape index (κ3) is 2.51. The first kappa shape index (κ1) is 15.8. The van der Waals surface area contributed by atoms with E-state index in [0.29, 0.717) is 5.71 Å². The maximum atomic E-state index is 6.12. The van der Waals surface area contributed by atoms with E-state index in [2.05, 4.69) is 55.2 Å². The predicted octanol–water partition coefficient (Wildman–Crippen LogP) is 6.33. The van der Waals surface area contributed by atoms with Crippen LogP contribution in [0.4, 0.5) is 0 Å². The lowest BCUT2D eigenvalue weighted by molar-refractivity contribution is 0.655. The van der Waals surface area contributed by atoms with Crippen LogP contribution in [0.5, 0.6) is 0 Å². The molecule has 5 rings (SSSR count). The number of nitrogens with zero attached hydrogens (tertiary/aromatic N) is 2. The van der Waals surface area contributed by atoms with Gasteiger partial charge in [-0.3, -0.25) is 4.98 Å². The van der Waals surface area contributed by atoms with Gasteiger partial charge in [-0.05, 0) is 54.8 Å². The Morgan fingerprint density at radius 3 is 2.44 bits per heavy atom. The van der Waals surface area contributed by atoms with Crippen molar-refractivity contribution in [1.82, 2.24) is 9.97 Å². The monoisotopic (exact) mass is 350 g/mol. The van der Waals surface area contributed by atoms with Gasteiger partial charge in [-0.1, -0.05) is 36.4 Å². The second-order valence-corrected chi connectivity index (χ2v) is 6.84. The maximum Gasteiger partial charge on any atom is 0.227 e. The molecule has 5 aromatic rings. The summed E-state index contributed by atoms with van der Waals surface area (Å²) in [6.07, 6.45) is 3.71. The molecule has 0 spiro atoms. The van der Waals surface area contributed by atoms with Crippen molar-refractivity contribution in [3.05, 3.63) is 84.2 Å². The molecule has 0 saturated carbocycles. The standard InChI is InChI=1S/C24H18N2O/c1-15-10-11-18(23-22(15)19-9-6-12-25-24(19)27-23)21-13-16(2)20(14-26-21)17-7-4-3-5-8-17/h3-14H,1-2H3. The molecule has 2 aromatic carbocycles. The molecule has 0 bridgehead atoms. The van der Waals surface area contributed by atoms with Crippen LogP contribution in [0.15, 0.2) is 77.5 Å². The first-order chi connectivity index (χ1) is 13.2. The summed E-state index contributed by atoms with van der Waals surface area (Å²) in [7, 11) is 0. The fourth-order valence-corrected chi connectivity index (χ4v) is 3.71. The Morgan fingerprint density at radius 1 is 0.778 bits per heavy atom. The Bertz CT molecular complexity index is 1290. The zero-order valence-corrected chi connectivity index (χ0v) is 15.2. The van der Waals surface area contributed by atoms with Gasteiger partial charge in [-0.2, -0.15) is 0 Å². The van der Waals surface area contributed by atoms with E-state index >= 15 is 0 Å². The van der Waals surface area contributed by atoms with Crippen LogP contribution in [0, 0.1) is 13.8 Å². The molecule has 0 atom stereocenters. The molecular weight excluding hydrogens is 332 g/mol. The first-order valence-corrected chi connectivity index (χ1v) is 9.01. The molecule has 0 amide bonds. The van der Waals surface area contributed by atoms with E-state index in [0.717, 1.165) is 33.2 Å². The van der Waals surface area contributed by atoms with E-state index in [1.165, 1.54) is 16.7 Å². The lowest BCUT2D eigenvalue weighted by Crippen LogP contribution is -1.90. The van der Waals surface area contributed by atoms with Gasteiger partial charge in [-0.25, -0.2) is 4.98 Å². The number of hydrogen-bond acceptors (Lipinski definition) is 3. The van der Waals surface area contributed by atoms with Gasteiger partial charge in [0.05, 0.1) is 5.69 Å². The highest BCUT2D eigenvalue weighted by atomic mass is 16.3. The Hall–Kier alpha value is -3.46. The van der Waals surface area contributed by atoms with E-state index in [9.17, 15) is 0 Å². The zero-order chi connectivity index (χ0) is 18.4. The molecule has 0 fully saturated rings. The van der Waals surface area contributed by atoms with Crippen molar-refractivity contribution in [2.45, 2.75) is 13.8 Å². The summed E-state index contributed by atoms with van der Waals surface area (Å²) in [6, 6.07) is 20.7. The Morgan fingerprint density at radius 2 is 1.63 bits per heavy atom. The van der Waals surface area contributed by atoms with E-state index in [4.69, 9.17) is 9.40 Å². The number of pyridine rings is 2. The second kappa shape index (κ2) is 6.06. The average Bonchev–Trinajstić information content (AvgIpc) is 3.09. The molecular formula is C24H18N2O. The third-order valence-corrected chi connectivity index (χ3v) is 5.08. The fraction of sp³-hybridized carbons (Fsp3) is 0.0833. The van der Waals surface area contributed by atoms with Crippen LogP contribution in [-0.4, -0.2) is 9.97 Å². The quantitative estimate of drug-likeness (QED) is 0.373. The van der Waals surface area contributed by atoms with E-state index in [1.807, 2.05) is 30.5 Å². The molecule has 0 aliphatic carbocycles.